The molecule has 2 aromatic rings. The number of amides is 1. The summed E-state index contributed by atoms with van der Waals surface area (Å²) in [6, 6.07) is 11.5. The summed E-state index contributed by atoms with van der Waals surface area (Å²) in [6.07, 6.45) is 0.786. The number of hydrogen-bond acceptors (Lipinski definition) is 2. The van der Waals surface area contributed by atoms with Crippen LogP contribution in [0.5, 0.6) is 5.75 Å². The van der Waals surface area contributed by atoms with Crippen LogP contribution in [-0.2, 0) is 6.42 Å². The van der Waals surface area contributed by atoms with Crippen LogP contribution >= 0.6 is 11.6 Å². The van der Waals surface area contributed by atoms with Crippen LogP contribution in [0.2, 0.25) is 5.02 Å². The SMILES string of the molecule is COc1ccc(Cl)cc1C(=O)NCCc1ccc(C(C)C)c(C)c1. The van der Waals surface area contributed by atoms with Crippen LogP contribution < -0.4 is 10.1 Å². The van der Waals surface area contributed by atoms with Crippen LogP contribution in [0.3, 0.4) is 0 Å². The zero-order chi connectivity index (χ0) is 17.7. The van der Waals surface area contributed by atoms with Gasteiger partial charge in [0.05, 0.1) is 12.7 Å². The van der Waals surface area contributed by atoms with Gasteiger partial charge in [-0.3, -0.25) is 4.79 Å². The Balaban J connectivity index is 1.98. The highest BCUT2D eigenvalue weighted by Crippen LogP contribution is 2.23. The van der Waals surface area contributed by atoms with E-state index in [1.165, 1.54) is 16.7 Å². The average Bonchev–Trinajstić information content (AvgIpc) is 2.54. The lowest BCUT2D eigenvalue weighted by molar-refractivity contribution is 0.0951. The molecule has 0 saturated heterocycles. The molecule has 1 amide bonds. The first-order valence-corrected chi connectivity index (χ1v) is 8.51. The summed E-state index contributed by atoms with van der Waals surface area (Å²) < 4.78 is 5.22. The maximum atomic E-state index is 12.3. The fraction of sp³-hybridized carbons (Fsp3) is 0.350. The van der Waals surface area contributed by atoms with Crippen molar-refractivity contribution in [3.05, 3.63) is 63.7 Å². The highest BCUT2D eigenvalue weighted by atomic mass is 35.5. The van der Waals surface area contributed by atoms with Crippen molar-refractivity contribution in [1.82, 2.24) is 5.32 Å². The Labute approximate surface area is 149 Å². The van der Waals surface area contributed by atoms with Gasteiger partial charge in [0, 0.05) is 11.6 Å². The quantitative estimate of drug-likeness (QED) is 0.820. The standard InChI is InChI=1S/C20H24ClNO2/c1-13(2)17-7-5-15(11-14(17)3)9-10-22-20(23)18-12-16(21)6-8-19(18)24-4/h5-8,11-13H,9-10H2,1-4H3,(H,22,23). The summed E-state index contributed by atoms with van der Waals surface area (Å²) in [6.45, 7) is 7.09. The molecule has 0 aliphatic carbocycles. The Hall–Kier alpha value is -2.00. The number of benzene rings is 2. The van der Waals surface area contributed by atoms with Gasteiger partial charge in [-0.1, -0.05) is 43.6 Å². The van der Waals surface area contributed by atoms with Crippen molar-refractivity contribution in [3.63, 3.8) is 0 Å². The molecule has 2 aromatic carbocycles. The van der Waals surface area contributed by atoms with Crippen LogP contribution in [0.4, 0.5) is 0 Å². The van der Waals surface area contributed by atoms with E-state index in [2.05, 4.69) is 44.3 Å². The summed E-state index contributed by atoms with van der Waals surface area (Å²) in [4.78, 5) is 12.3. The Morgan fingerprint density at radius 1 is 1.21 bits per heavy atom. The van der Waals surface area contributed by atoms with Gasteiger partial charge in [-0.05, 0) is 54.2 Å². The molecule has 24 heavy (non-hydrogen) atoms. The molecule has 0 fully saturated rings. The monoisotopic (exact) mass is 345 g/mol. The van der Waals surface area contributed by atoms with Crippen LogP contribution in [-0.4, -0.2) is 19.6 Å². The first-order chi connectivity index (χ1) is 11.4. The summed E-state index contributed by atoms with van der Waals surface area (Å²) in [5.74, 6) is 0.868. The number of carbonyl (C=O) groups excluding carboxylic acids is 1. The van der Waals surface area contributed by atoms with Gasteiger partial charge in [0.15, 0.2) is 0 Å². The second-order valence-electron chi connectivity index (χ2n) is 6.20. The van der Waals surface area contributed by atoms with Gasteiger partial charge in [-0.15, -0.1) is 0 Å². The van der Waals surface area contributed by atoms with Crippen LogP contribution in [0.25, 0.3) is 0 Å². The van der Waals surface area contributed by atoms with E-state index in [0.717, 1.165) is 6.42 Å². The predicted octanol–water partition coefficient (Wildman–Crippen LogP) is 4.75. The summed E-state index contributed by atoms with van der Waals surface area (Å²) in [5.41, 5.74) is 4.34. The number of halogens is 1. The highest BCUT2D eigenvalue weighted by molar-refractivity contribution is 6.31. The van der Waals surface area contributed by atoms with Crippen molar-refractivity contribution in [2.45, 2.75) is 33.1 Å². The lowest BCUT2D eigenvalue weighted by Gasteiger charge is -2.12. The van der Waals surface area contributed by atoms with Gasteiger partial charge in [-0.2, -0.15) is 0 Å². The zero-order valence-corrected chi connectivity index (χ0v) is 15.4. The minimum absolute atomic E-state index is 0.176. The van der Waals surface area contributed by atoms with Crippen LogP contribution in [0.1, 0.15) is 46.8 Å². The number of aryl methyl sites for hydroxylation is 1. The topological polar surface area (TPSA) is 38.3 Å². The molecule has 0 radical (unpaired) electrons. The first kappa shape index (κ1) is 18.3. The van der Waals surface area contributed by atoms with Crippen molar-refractivity contribution in [1.29, 1.82) is 0 Å². The van der Waals surface area contributed by atoms with Crippen molar-refractivity contribution in [2.24, 2.45) is 0 Å². The molecule has 1 N–H and O–H groups in total. The van der Waals surface area contributed by atoms with Gasteiger partial charge >= 0.3 is 0 Å². The number of nitrogens with one attached hydrogen (secondary N) is 1. The molecule has 0 aliphatic rings. The normalized spacial score (nSPS) is 10.8. The fourth-order valence-electron chi connectivity index (χ4n) is 2.81. The molecule has 0 unspecified atom stereocenters. The Morgan fingerprint density at radius 2 is 1.96 bits per heavy atom. The largest absolute Gasteiger partial charge is 0.496 e. The van der Waals surface area contributed by atoms with E-state index in [1.54, 1.807) is 25.3 Å². The smallest absolute Gasteiger partial charge is 0.255 e. The average molecular weight is 346 g/mol. The first-order valence-electron chi connectivity index (χ1n) is 8.13. The fourth-order valence-corrected chi connectivity index (χ4v) is 2.99. The van der Waals surface area contributed by atoms with Crippen molar-refractivity contribution >= 4 is 17.5 Å². The third kappa shape index (κ3) is 4.51. The lowest BCUT2D eigenvalue weighted by Crippen LogP contribution is -2.26. The zero-order valence-electron chi connectivity index (χ0n) is 14.7. The highest BCUT2D eigenvalue weighted by Gasteiger charge is 2.12. The maximum Gasteiger partial charge on any atom is 0.255 e. The summed E-state index contributed by atoms with van der Waals surface area (Å²) in [5, 5.41) is 3.44. The Morgan fingerprint density at radius 3 is 2.58 bits per heavy atom. The second-order valence-corrected chi connectivity index (χ2v) is 6.63. The third-order valence-electron chi connectivity index (χ3n) is 4.06. The molecule has 0 saturated carbocycles. The second kappa shape index (κ2) is 8.20. The number of rotatable bonds is 6. The molecule has 0 aliphatic heterocycles. The molecule has 3 nitrogen and oxygen atoms in total. The summed E-state index contributed by atoms with van der Waals surface area (Å²) in [7, 11) is 1.54. The van der Waals surface area contributed by atoms with E-state index in [0.29, 0.717) is 28.8 Å². The van der Waals surface area contributed by atoms with E-state index in [1.807, 2.05) is 0 Å². The van der Waals surface area contributed by atoms with Crippen molar-refractivity contribution in [3.8, 4) is 5.75 Å². The molecule has 2 rings (SSSR count). The number of hydrogen-bond donors (Lipinski definition) is 1. The minimum Gasteiger partial charge on any atom is -0.496 e. The Kier molecular flexibility index (Phi) is 6.27. The lowest BCUT2D eigenvalue weighted by atomic mass is 9.95. The van der Waals surface area contributed by atoms with E-state index in [9.17, 15) is 4.79 Å². The van der Waals surface area contributed by atoms with E-state index in [4.69, 9.17) is 16.3 Å². The molecule has 0 heterocycles. The van der Waals surface area contributed by atoms with Gasteiger partial charge in [-0.25, -0.2) is 0 Å². The molecule has 0 atom stereocenters. The van der Waals surface area contributed by atoms with E-state index in [-0.39, 0.29) is 5.91 Å². The molecular formula is C20H24ClNO2. The van der Waals surface area contributed by atoms with Crippen molar-refractivity contribution < 1.29 is 9.53 Å². The van der Waals surface area contributed by atoms with E-state index < -0.39 is 0 Å². The molecule has 0 aromatic heterocycles. The van der Waals surface area contributed by atoms with Crippen LogP contribution in [0, 0.1) is 6.92 Å². The van der Waals surface area contributed by atoms with Gasteiger partial charge in [0.1, 0.15) is 5.75 Å². The summed E-state index contributed by atoms with van der Waals surface area (Å²) >= 11 is 5.97. The molecule has 0 spiro atoms. The van der Waals surface area contributed by atoms with E-state index >= 15 is 0 Å². The molecular weight excluding hydrogens is 322 g/mol. The number of carbonyl (C=O) groups is 1. The minimum atomic E-state index is -0.176. The number of methoxy groups -OCH3 is 1. The van der Waals surface area contributed by atoms with Gasteiger partial charge in [0.25, 0.3) is 5.91 Å². The number of ether oxygens (including phenoxy) is 1. The predicted molar refractivity (Wildman–Crippen MR) is 99.3 cm³/mol. The Bertz CT molecular complexity index is 726. The van der Waals surface area contributed by atoms with Gasteiger partial charge < -0.3 is 10.1 Å². The molecule has 0 bridgehead atoms. The third-order valence-corrected chi connectivity index (χ3v) is 4.30. The van der Waals surface area contributed by atoms with Crippen LogP contribution in [0.15, 0.2) is 36.4 Å². The molecule has 4 heteroatoms. The van der Waals surface area contributed by atoms with Crippen molar-refractivity contribution in [2.75, 3.05) is 13.7 Å². The van der Waals surface area contributed by atoms with Gasteiger partial charge in [0.2, 0.25) is 0 Å². The molecule has 128 valence electrons. The maximum absolute atomic E-state index is 12.3.